The highest BCUT2D eigenvalue weighted by molar-refractivity contribution is 6.30. The number of aliphatic hydroxyl groups excluding tert-OH is 1. The van der Waals surface area contributed by atoms with E-state index in [0.717, 1.165) is 11.1 Å². The summed E-state index contributed by atoms with van der Waals surface area (Å²) in [5.41, 5.74) is 1.49. The van der Waals surface area contributed by atoms with Crippen molar-refractivity contribution in [2.24, 2.45) is 5.41 Å². The van der Waals surface area contributed by atoms with E-state index in [1.165, 1.54) is 0 Å². The second-order valence-corrected chi connectivity index (χ2v) is 9.95. The Labute approximate surface area is 202 Å². The summed E-state index contributed by atoms with van der Waals surface area (Å²) in [7, 11) is 0. The molecule has 0 aromatic heterocycles. The molecule has 2 aromatic rings. The molecule has 32 heavy (non-hydrogen) atoms. The monoisotopic (exact) mass is 473 g/mol. The van der Waals surface area contributed by atoms with Gasteiger partial charge in [0.1, 0.15) is 0 Å². The molecule has 1 N–H and O–H groups in total. The van der Waals surface area contributed by atoms with Crippen LogP contribution in [-0.2, 0) is 4.79 Å². The number of nitrogens with zero attached hydrogens (tertiary/aromatic N) is 1. The third kappa shape index (κ3) is 4.90. The lowest BCUT2D eigenvalue weighted by molar-refractivity contribution is -0.158. The topological polar surface area (TPSA) is 40.5 Å². The van der Waals surface area contributed by atoms with Crippen LogP contribution in [0.3, 0.4) is 0 Å². The van der Waals surface area contributed by atoms with Gasteiger partial charge in [-0.15, -0.1) is 6.58 Å². The number of halogens is 2. The van der Waals surface area contributed by atoms with E-state index in [1.54, 1.807) is 0 Å². The minimum Gasteiger partial charge on any atom is -0.391 e. The van der Waals surface area contributed by atoms with Crippen LogP contribution in [0, 0.1) is 5.41 Å². The SMILES string of the molecule is C=CC[C@@]1(C)CC(c2cccc(Cl)c2)[C@@H](c2ccc(Cl)cc2)N([C@@H](CC)C(O)CC)C1=O. The van der Waals surface area contributed by atoms with Crippen LogP contribution in [0.25, 0.3) is 0 Å². The van der Waals surface area contributed by atoms with Crippen LogP contribution in [-0.4, -0.2) is 28.1 Å². The number of rotatable bonds is 8. The Bertz CT molecular complexity index is 945. The van der Waals surface area contributed by atoms with E-state index in [-0.39, 0.29) is 23.9 Å². The molecule has 1 heterocycles. The number of hydrogen-bond acceptors (Lipinski definition) is 2. The molecule has 1 saturated heterocycles. The third-order valence-electron chi connectivity index (χ3n) is 6.82. The summed E-state index contributed by atoms with van der Waals surface area (Å²) < 4.78 is 0. The average Bonchev–Trinajstić information content (AvgIpc) is 2.77. The smallest absolute Gasteiger partial charge is 0.229 e. The lowest BCUT2D eigenvalue weighted by Gasteiger charge is -2.52. The van der Waals surface area contributed by atoms with Crippen LogP contribution in [0.1, 0.15) is 69.5 Å². The van der Waals surface area contributed by atoms with Crippen LogP contribution >= 0.6 is 23.2 Å². The van der Waals surface area contributed by atoms with E-state index in [2.05, 4.69) is 12.6 Å². The lowest BCUT2D eigenvalue weighted by atomic mass is 9.67. The molecule has 3 nitrogen and oxygen atoms in total. The van der Waals surface area contributed by atoms with Crippen molar-refractivity contribution in [3.63, 3.8) is 0 Å². The van der Waals surface area contributed by atoms with Gasteiger partial charge in [-0.3, -0.25) is 4.79 Å². The van der Waals surface area contributed by atoms with Crippen molar-refractivity contribution < 1.29 is 9.90 Å². The van der Waals surface area contributed by atoms with Crippen LogP contribution in [0.4, 0.5) is 0 Å². The highest BCUT2D eigenvalue weighted by Gasteiger charge is 2.51. The quantitative estimate of drug-likeness (QED) is 0.412. The van der Waals surface area contributed by atoms with Gasteiger partial charge < -0.3 is 10.0 Å². The average molecular weight is 474 g/mol. The molecule has 0 saturated carbocycles. The minimum absolute atomic E-state index is 0.00984. The molecular weight excluding hydrogens is 441 g/mol. The molecule has 1 fully saturated rings. The molecule has 0 radical (unpaired) electrons. The van der Waals surface area contributed by atoms with Crippen molar-refractivity contribution in [1.29, 1.82) is 0 Å². The lowest BCUT2D eigenvalue weighted by Crippen LogP contribution is -2.58. The van der Waals surface area contributed by atoms with Crippen molar-refractivity contribution in [1.82, 2.24) is 4.90 Å². The fraction of sp³-hybridized carbons (Fsp3) is 0.444. The first kappa shape index (κ1) is 24.8. The highest BCUT2D eigenvalue weighted by atomic mass is 35.5. The standard InChI is InChI=1S/C27H33Cl2NO2/c1-5-15-27(4)17-22(19-9-8-10-21(29)16-19)25(18-11-13-20(28)14-12-18)30(26(27)32)23(6-2)24(31)7-3/h5,8-14,16,22-25,31H,1,6-7,15,17H2,2-4H3/t22?,23-,24?,25+,27-/m0/s1. The Morgan fingerprint density at radius 1 is 1.12 bits per heavy atom. The van der Waals surface area contributed by atoms with E-state index >= 15 is 0 Å². The molecule has 1 aliphatic rings. The van der Waals surface area contributed by atoms with Gasteiger partial charge in [0.05, 0.1) is 23.6 Å². The fourth-order valence-corrected chi connectivity index (χ4v) is 5.50. The Morgan fingerprint density at radius 2 is 1.81 bits per heavy atom. The maximum Gasteiger partial charge on any atom is 0.229 e. The van der Waals surface area contributed by atoms with Crippen molar-refractivity contribution >= 4 is 29.1 Å². The Hall–Kier alpha value is -1.81. The number of benzene rings is 2. The van der Waals surface area contributed by atoms with Gasteiger partial charge in [-0.05, 0) is 61.1 Å². The summed E-state index contributed by atoms with van der Waals surface area (Å²) in [6.07, 6.45) is 3.70. The summed E-state index contributed by atoms with van der Waals surface area (Å²) in [6.45, 7) is 9.92. The summed E-state index contributed by atoms with van der Waals surface area (Å²) in [6, 6.07) is 15.1. The third-order valence-corrected chi connectivity index (χ3v) is 7.31. The highest BCUT2D eigenvalue weighted by Crippen LogP contribution is 2.52. The molecule has 2 unspecified atom stereocenters. The normalized spacial score (nSPS) is 25.4. The number of allylic oxidation sites excluding steroid dienone is 1. The van der Waals surface area contributed by atoms with Crippen molar-refractivity contribution in [3.05, 3.63) is 82.4 Å². The maximum atomic E-state index is 14.1. The van der Waals surface area contributed by atoms with Crippen LogP contribution in [0.15, 0.2) is 61.2 Å². The molecule has 2 aromatic carbocycles. The molecule has 0 aliphatic carbocycles. The van der Waals surface area contributed by atoms with Gasteiger partial charge in [-0.2, -0.15) is 0 Å². The van der Waals surface area contributed by atoms with Gasteiger partial charge >= 0.3 is 0 Å². The number of amides is 1. The summed E-state index contributed by atoms with van der Waals surface area (Å²) in [5.74, 6) is 0.0746. The van der Waals surface area contributed by atoms with E-state index in [1.807, 2.05) is 74.2 Å². The minimum atomic E-state index is -0.613. The van der Waals surface area contributed by atoms with E-state index in [0.29, 0.717) is 35.7 Å². The molecule has 172 valence electrons. The largest absolute Gasteiger partial charge is 0.391 e. The fourth-order valence-electron chi connectivity index (χ4n) is 5.18. The number of hydrogen-bond donors (Lipinski definition) is 1. The molecule has 1 amide bonds. The second kappa shape index (κ2) is 10.4. The van der Waals surface area contributed by atoms with Gasteiger partial charge in [0.25, 0.3) is 0 Å². The number of likely N-dealkylation sites (tertiary alicyclic amines) is 1. The first-order valence-electron chi connectivity index (χ1n) is 11.4. The second-order valence-electron chi connectivity index (χ2n) is 9.08. The number of carbonyl (C=O) groups excluding carboxylic acids is 1. The maximum absolute atomic E-state index is 14.1. The molecule has 5 atom stereocenters. The van der Waals surface area contributed by atoms with Crippen molar-refractivity contribution in [3.8, 4) is 0 Å². The molecule has 0 bridgehead atoms. The number of carbonyl (C=O) groups is 1. The Morgan fingerprint density at radius 3 is 2.38 bits per heavy atom. The summed E-state index contributed by atoms with van der Waals surface area (Å²) in [5, 5.41) is 12.3. The van der Waals surface area contributed by atoms with Crippen LogP contribution < -0.4 is 0 Å². The summed E-state index contributed by atoms with van der Waals surface area (Å²) >= 11 is 12.6. The first-order chi connectivity index (χ1) is 15.3. The van der Waals surface area contributed by atoms with Crippen LogP contribution in [0.5, 0.6) is 0 Å². The molecule has 5 heteroatoms. The van der Waals surface area contributed by atoms with Crippen molar-refractivity contribution in [2.75, 3.05) is 0 Å². The Balaban J connectivity index is 2.25. The number of piperidine rings is 1. The van der Waals surface area contributed by atoms with Crippen LogP contribution in [0.2, 0.25) is 10.0 Å². The zero-order chi connectivity index (χ0) is 23.5. The van der Waals surface area contributed by atoms with Gasteiger partial charge in [0.15, 0.2) is 0 Å². The predicted octanol–water partition coefficient (Wildman–Crippen LogP) is 7.18. The zero-order valence-electron chi connectivity index (χ0n) is 19.1. The van der Waals surface area contributed by atoms with Crippen molar-refractivity contribution in [2.45, 2.75) is 70.6 Å². The molecule has 1 aliphatic heterocycles. The molecule has 0 spiro atoms. The van der Waals surface area contributed by atoms with Gasteiger partial charge in [0, 0.05) is 16.0 Å². The number of aliphatic hydroxyl groups is 1. The van der Waals surface area contributed by atoms with E-state index < -0.39 is 11.5 Å². The van der Waals surface area contributed by atoms with Gasteiger partial charge in [-0.25, -0.2) is 0 Å². The summed E-state index contributed by atoms with van der Waals surface area (Å²) in [4.78, 5) is 16.0. The Kier molecular flexibility index (Phi) is 8.08. The van der Waals surface area contributed by atoms with Gasteiger partial charge in [0.2, 0.25) is 5.91 Å². The predicted molar refractivity (Wildman–Crippen MR) is 133 cm³/mol. The first-order valence-corrected chi connectivity index (χ1v) is 12.1. The molecule has 3 rings (SSSR count). The van der Waals surface area contributed by atoms with E-state index in [4.69, 9.17) is 23.2 Å². The van der Waals surface area contributed by atoms with Gasteiger partial charge in [-0.1, -0.05) is 74.3 Å². The van der Waals surface area contributed by atoms with E-state index in [9.17, 15) is 9.90 Å². The molecular formula is C27H33Cl2NO2. The zero-order valence-corrected chi connectivity index (χ0v) is 20.6.